The van der Waals surface area contributed by atoms with Gasteiger partial charge < -0.3 is 10.5 Å². The van der Waals surface area contributed by atoms with E-state index in [0.29, 0.717) is 6.54 Å². The van der Waals surface area contributed by atoms with Crippen molar-refractivity contribution in [3.05, 3.63) is 27.8 Å². The SMILES string of the molecule is COc1c(C2(CN)CC2)cc2c(c1Cl)CCCC2. The fraction of sp³-hybridized carbons (Fsp3) is 0.600. The topological polar surface area (TPSA) is 35.2 Å². The third-order valence-corrected chi connectivity index (χ3v) is 4.96. The predicted molar refractivity (Wildman–Crippen MR) is 74.6 cm³/mol. The van der Waals surface area contributed by atoms with E-state index in [1.54, 1.807) is 7.11 Å². The second kappa shape index (κ2) is 4.43. The molecule has 1 aromatic rings. The second-order valence-corrected chi connectivity index (χ2v) is 5.98. The maximum absolute atomic E-state index is 6.56. The van der Waals surface area contributed by atoms with Crippen molar-refractivity contribution < 1.29 is 4.74 Å². The van der Waals surface area contributed by atoms with Crippen LogP contribution in [0.15, 0.2) is 6.07 Å². The molecule has 2 nitrogen and oxygen atoms in total. The van der Waals surface area contributed by atoms with Crippen LogP contribution in [0, 0.1) is 0 Å². The molecule has 0 heterocycles. The summed E-state index contributed by atoms with van der Waals surface area (Å²) in [6, 6.07) is 2.32. The molecule has 1 aromatic carbocycles. The summed E-state index contributed by atoms with van der Waals surface area (Å²) in [4.78, 5) is 0. The number of rotatable bonds is 3. The molecule has 0 aliphatic heterocycles. The monoisotopic (exact) mass is 265 g/mol. The molecule has 0 aromatic heterocycles. The lowest BCUT2D eigenvalue weighted by Gasteiger charge is -2.25. The van der Waals surface area contributed by atoms with Crippen molar-refractivity contribution in [2.45, 2.75) is 43.9 Å². The van der Waals surface area contributed by atoms with Gasteiger partial charge in [-0.25, -0.2) is 0 Å². The molecule has 0 saturated heterocycles. The highest BCUT2D eigenvalue weighted by molar-refractivity contribution is 6.33. The van der Waals surface area contributed by atoms with Gasteiger partial charge in [-0.05, 0) is 49.7 Å². The number of halogens is 1. The molecule has 0 atom stereocenters. The van der Waals surface area contributed by atoms with Crippen LogP contribution in [-0.2, 0) is 18.3 Å². The summed E-state index contributed by atoms with van der Waals surface area (Å²) in [5.41, 5.74) is 10.1. The highest BCUT2D eigenvalue weighted by Gasteiger charge is 2.45. The zero-order valence-corrected chi connectivity index (χ0v) is 11.6. The first-order valence-electron chi connectivity index (χ1n) is 6.80. The fourth-order valence-electron chi connectivity index (χ4n) is 3.16. The third-order valence-electron chi connectivity index (χ3n) is 4.56. The van der Waals surface area contributed by atoms with E-state index in [1.165, 1.54) is 29.5 Å². The summed E-state index contributed by atoms with van der Waals surface area (Å²) in [5.74, 6) is 0.875. The van der Waals surface area contributed by atoms with Gasteiger partial charge in [0.25, 0.3) is 0 Å². The number of nitrogens with two attached hydrogens (primary N) is 1. The highest BCUT2D eigenvalue weighted by atomic mass is 35.5. The van der Waals surface area contributed by atoms with Crippen LogP contribution in [0.5, 0.6) is 5.75 Å². The molecule has 2 aliphatic carbocycles. The van der Waals surface area contributed by atoms with Crippen molar-refractivity contribution in [2.75, 3.05) is 13.7 Å². The Balaban J connectivity index is 2.16. The number of hydrogen-bond acceptors (Lipinski definition) is 2. The third kappa shape index (κ3) is 1.74. The minimum atomic E-state index is 0.140. The van der Waals surface area contributed by atoms with Gasteiger partial charge in [-0.3, -0.25) is 0 Å². The number of fused-ring (bicyclic) bond motifs is 1. The van der Waals surface area contributed by atoms with E-state index in [1.807, 2.05) is 0 Å². The van der Waals surface area contributed by atoms with E-state index < -0.39 is 0 Å². The minimum Gasteiger partial charge on any atom is -0.495 e. The van der Waals surface area contributed by atoms with E-state index in [-0.39, 0.29) is 5.41 Å². The van der Waals surface area contributed by atoms with Crippen molar-refractivity contribution in [3.63, 3.8) is 0 Å². The van der Waals surface area contributed by atoms with Crippen LogP contribution in [0.3, 0.4) is 0 Å². The maximum Gasteiger partial charge on any atom is 0.141 e. The summed E-state index contributed by atoms with van der Waals surface area (Å²) in [7, 11) is 1.71. The van der Waals surface area contributed by atoms with Crippen LogP contribution in [-0.4, -0.2) is 13.7 Å². The largest absolute Gasteiger partial charge is 0.495 e. The van der Waals surface area contributed by atoms with Gasteiger partial charge in [0.05, 0.1) is 12.1 Å². The van der Waals surface area contributed by atoms with Gasteiger partial charge in [0.1, 0.15) is 5.75 Å². The van der Waals surface area contributed by atoms with Gasteiger partial charge in [0, 0.05) is 17.5 Å². The molecule has 0 amide bonds. The molecular formula is C15H20ClNO. The van der Waals surface area contributed by atoms with Crippen LogP contribution in [0.25, 0.3) is 0 Å². The number of benzene rings is 1. The van der Waals surface area contributed by atoms with E-state index in [2.05, 4.69) is 6.07 Å². The number of methoxy groups -OCH3 is 1. The standard InChI is InChI=1S/C15H20ClNO/c1-18-14-12(15(9-17)6-7-15)8-10-4-2-3-5-11(10)13(14)16/h8H,2-7,9,17H2,1H3. The van der Waals surface area contributed by atoms with Crippen molar-refractivity contribution in [1.29, 1.82) is 0 Å². The Morgan fingerprint density at radius 1 is 1.33 bits per heavy atom. The van der Waals surface area contributed by atoms with Gasteiger partial charge >= 0.3 is 0 Å². The first-order valence-corrected chi connectivity index (χ1v) is 7.18. The first-order chi connectivity index (χ1) is 8.72. The Labute approximate surface area is 113 Å². The van der Waals surface area contributed by atoms with Crippen LogP contribution in [0.2, 0.25) is 5.02 Å². The zero-order valence-electron chi connectivity index (χ0n) is 10.9. The smallest absolute Gasteiger partial charge is 0.141 e. The first kappa shape index (κ1) is 12.3. The normalized spacial score (nSPS) is 20.4. The maximum atomic E-state index is 6.56. The van der Waals surface area contributed by atoms with Gasteiger partial charge in [-0.1, -0.05) is 17.7 Å². The average molecular weight is 266 g/mol. The van der Waals surface area contributed by atoms with Crippen molar-refractivity contribution in [3.8, 4) is 5.75 Å². The highest BCUT2D eigenvalue weighted by Crippen LogP contribution is 2.53. The van der Waals surface area contributed by atoms with Crippen LogP contribution in [0.4, 0.5) is 0 Å². The quantitative estimate of drug-likeness (QED) is 0.911. The Morgan fingerprint density at radius 3 is 2.67 bits per heavy atom. The minimum absolute atomic E-state index is 0.140. The second-order valence-electron chi connectivity index (χ2n) is 5.60. The molecule has 0 spiro atoms. The van der Waals surface area contributed by atoms with E-state index in [9.17, 15) is 0 Å². The molecule has 1 saturated carbocycles. The number of hydrogen-bond donors (Lipinski definition) is 1. The van der Waals surface area contributed by atoms with E-state index in [0.717, 1.165) is 36.5 Å². The lowest BCUT2D eigenvalue weighted by molar-refractivity contribution is 0.403. The molecule has 0 bridgehead atoms. The summed E-state index contributed by atoms with van der Waals surface area (Å²) < 4.78 is 5.58. The molecule has 2 aliphatic rings. The molecule has 98 valence electrons. The van der Waals surface area contributed by atoms with Crippen LogP contribution < -0.4 is 10.5 Å². The number of ether oxygens (including phenoxy) is 1. The molecule has 0 unspecified atom stereocenters. The summed E-state index contributed by atoms with van der Waals surface area (Å²) in [6.07, 6.45) is 7.05. The molecule has 2 N–H and O–H groups in total. The Hall–Kier alpha value is -0.730. The zero-order chi connectivity index (χ0) is 12.8. The summed E-state index contributed by atoms with van der Waals surface area (Å²) in [5, 5.41) is 0.837. The van der Waals surface area contributed by atoms with E-state index >= 15 is 0 Å². The average Bonchev–Trinajstić information content (AvgIpc) is 3.20. The van der Waals surface area contributed by atoms with Crippen molar-refractivity contribution >= 4 is 11.6 Å². The van der Waals surface area contributed by atoms with Gasteiger partial charge in [-0.2, -0.15) is 0 Å². The van der Waals surface area contributed by atoms with Crippen LogP contribution in [0.1, 0.15) is 42.4 Å². The Morgan fingerprint density at radius 2 is 2.06 bits per heavy atom. The van der Waals surface area contributed by atoms with Crippen molar-refractivity contribution in [2.24, 2.45) is 5.73 Å². The number of aryl methyl sites for hydroxylation is 1. The van der Waals surface area contributed by atoms with Gasteiger partial charge in [0.2, 0.25) is 0 Å². The van der Waals surface area contributed by atoms with Gasteiger partial charge in [0.15, 0.2) is 0 Å². The Kier molecular flexibility index (Phi) is 3.03. The molecule has 3 rings (SSSR count). The summed E-state index contributed by atoms with van der Waals surface area (Å²) in [6.45, 7) is 0.693. The summed E-state index contributed by atoms with van der Waals surface area (Å²) >= 11 is 6.56. The van der Waals surface area contributed by atoms with E-state index in [4.69, 9.17) is 22.1 Å². The Bertz CT molecular complexity index is 480. The van der Waals surface area contributed by atoms with Gasteiger partial charge in [-0.15, -0.1) is 0 Å². The molecular weight excluding hydrogens is 246 g/mol. The fourth-order valence-corrected chi connectivity index (χ4v) is 3.56. The predicted octanol–water partition coefficient (Wildman–Crippen LogP) is 3.22. The molecule has 3 heteroatoms. The lowest BCUT2D eigenvalue weighted by atomic mass is 9.85. The lowest BCUT2D eigenvalue weighted by Crippen LogP contribution is -2.21. The van der Waals surface area contributed by atoms with Crippen LogP contribution >= 0.6 is 11.6 Å². The van der Waals surface area contributed by atoms with Crippen molar-refractivity contribution in [1.82, 2.24) is 0 Å². The molecule has 0 radical (unpaired) electrons. The molecule has 18 heavy (non-hydrogen) atoms. The molecule has 1 fully saturated rings.